The first-order chi connectivity index (χ1) is 13.4. The van der Waals surface area contributed by atoms with Gasteiger partial charge in [0.15, 0.2) is 0 Å². The number of carbonyl (C=O) groups excluding carboxylic acids is 2. The van der Waals surface area contributed by atoms with E-state index in [2.05, 4.69) is 0 Å². The molecule has 0 saturated heterocycles. The van der Waals surface area contributed by atoms with Crippen LogP contribution in [0.2, 0.25) is 10.0 Å². The molecule has 28 heavy (non-hydrogen) atoms. The molecule has 4 nitrogen and oxygen atoms in total. The Kier molecular flexibility index (Phi) is 13.0. The Hall–Kier alpha value is -1.26. The van der Waals surface area contributed by atoms with Crippen LogP contribution in [-0.2, 0) is 25.5 Å². The van der Waals surface area contributed by atoms with Crippen LogP contribution in [0.15, 0.2) is 18.2 Å². The SMILES string of the molecule is CC(C)COC(=O)CCCCCCCCC(=O)OCCc1ccc(Cl)cc1Cl. The van der Waals surface area contributed by atoms with Crippen molar-refractivity contribution in [2.24, 2.45) is 5.92 Å². The number of esters is 2. The zero-order chi connectivity index (χ0) is 20.8. The third-order valence-corrected chi connectivity index (χ3v) is 4.83. The first-order valence-corrected chi connectivity index (χ1v) is 10.9. The minimum Gasteiger partial charge on any atom is -0.465 e. The van der Waals surface area contributed by atoms with Gasteiger partial charge in [-0.1, -0.05) is 68.8 Å². The van der Waals surface area contributed by atoms with Gasteiger partial charge < -0.3 is 9.47 Å². The van der Waals surface area contributed by atoms with E-state index in [9.17, 15) is 9.59 Å². The number of rotatable bonds is 14. The molecule has 0 aliphatic heterocycles. The highest BCUT2D eigenvalue weighted by molar-refractivity contribution is 6.35. The van der Waals surface area contributed by atoms with Gasteiger partial charge in [-0.2, -0.15) is 0 Å². The number of benzene rings is 1. The lowest BCUT2D eigenvalue weighted by Gasteiger charge is -2.07. The predicted molar refractivity (Wildman–Crippen MR) is 114 cm³/mol. The second kappa shape index (κ2) is 14.7. The van der Waals surface area contributed by atoms with E-state index in [4.69, 9.17) is 32.7 Å². The molecule has 158 valence electrons. The monoisotopic (exact) mass is 430 g/mol. The summed E-state index contributed by atoms with van der Waals surface area (Å²) in [4.78, 5) is 23.2. The van der Waals surface area contributed by atoms with Crippen LogP contribution in [0.4, 0.5) is 0 Å². The highest BCUT2D eigenvalue weighted by atomic mass is 35.5. The van der Waals surface area contributed by atoms with Crippen LogP contribution >= 0.6 is 23.2 Å². The van der Waals surface area contributed by atoms with Crippen LogP contribution in [0.25, 0.3) is 0 Å². The van der Waals surface area contributed by atoms with Gasteiger partial charge in [0.1, 0.15) is 0 Å². The molecule has 0 unspecified atom stereocenters. The minimum atomic E-state index is -0.169. The highest BCUT2D eigenvalue weighted by Gasteiger charge is 2.06. The molecule has 0 amide bonds. The van der Waals surface area contributed by atoms with Gasteiger partial charge in [0.2, 0.25) is 0 Å². The van der Waals surface area contributed by atoms with Gasteiger partial charge in [0.25, 0.3) is 0 Å². The Bertz CT molecular complexity index is 602. The fourth-order valence-corrected chi connectivity index (χ4v) is 3.15. The van der Waals surface area contributed by atoms with Crippen LogP contribution in [0.5, 0.6) is 0 Å². The molecule has 0 atom stereocenters. The van der Waals surface area contributed by atoms with Gasteiger partial charge in [-0.3, -0.25) is 9.59 Å². The van der Waals surface area contributed by atoms with Crippen molar-refractivity contribution < 1.29 is 19.1 Å². The molecule has 0 fully saturated rings. The standard InChI is InChI=1S/C22H32Cl2O4/c1-17(2)16-28-22(26)10-8-6-4-3-5-7-9-21(25)27-14-13-18-11-12-19(23)15-20(18)24/h11-12,15,17H,3-10,13-14,16H2,1-2H3. The van der Waals surface area contributed by atoms with Gasteiger partial charge in [0.05, 0.1) is 13.2 Å². The fourth-order valence-electron chi connectivity index (χ4n) is 2.65. The van der Waals surface area contributed by atoms with Crippen LogP contribution in [0.1, 0.15) is 70.8 Å². The maximum atomic E-state index is 11.8. The highest BCUT2D eigenvalue weighted by Crippen LogP contribution is 2.21. The Morgan fingerprint density at radius 1 is 0.893 bits per heavy atom. The number of carbonyl (C=O) groups is 2. The maximum absolute atomic E-state index is 11.8. The average Bonchev–Trinajstić information content (AvgIpc) is 2.64. The van der Waals surface area contributed by atoms with Gasteiger partial charge in [0, 0.05) is 29.3 Å². The Morgan fingerprint density at radius 2 is 1.46 bits per heavy atom. The largest absolute Gasteiger partial charge is 0.465 e. The minimum absolute atomic E-state index is 0.101. The van der Waals surface area contributed by atoms with Crippen LogP contribution < -0.4 is 0 Å². The molecule has 0 aliphatic carbocycles. The van der Waals surface area contributed by atoms with Gasteiger partial charge in [-0.15, -0.1) is 0 Å². The van der Waals surface area contributed by atoms with Crippen molar-refractivity contribution in [3.8, 4) is 0 Å². The molecule has 1 aromatic carbocycles. The lowest BCUT2D eigenvalue weighted by molar-refractivity contribution is -0.145. The van der Waals surface area contributed by atoms with Gasteiger partial charge >= 0.3 is 11.9 Å². The quantitative estimate of drug-likeness (QED) is 0.253. The van der Waals surface area contributed by atoms with E-state index in [1.54, 1.807) is 12.1 Å². The van der Waals surface area contributed by atoms with E-state index in [-0.39, 0.29) is 11.9 Å². The average molecular weight is 431 g/mol. The van der Waals surface area contributed by atoms with Crippen LogP contribution in [0, 0.1) is 5.92 Å². The Balaban J connectivity index is 1.96. The van der Waals surface area contributed by atoms with Crippen molar-refractivity contribution in [3.05, 3.63) is 33.8 Å². The number of hydrogen-bond donors (Lipinski definition) is 0. The summed E-state index contributed by atoms with van der Waals surface area (Å²) in [6.45, 7) is 4.88. The molecule has 6 heteroatoms. The zero-order valence-electron chi connectivity index (χ0n) is 17.0. The third-order valence-electron chi connectivity index (χ3n) is 4.24. The van der Waals surface area contributed by atoms with Crippen molar-refractivity contribution in [2.45, 2.75) is 71.6 Å². The van der Waals surface area contributed by atoms with Crippen LogP contribution in [-0.4, -0.2) is 25.2 Å². The summed E-state index contributed by atoms with van der Waals surface area (Å²) in [5, 5.41) is 1.19. The fraction of sp³-hybridized carbons (Fsp3) is 0.636. The molecule has 0 radical (unpaired) electrons. The molecular weight excluding hydrogens is 399 g/mol. The molecular formula is C22H32Cl2O4. The van der Waals surface area contributed by atoms with Crippen LogP contribution in [0.3, 0.4) is 0 Å². The number of unbranched alkanes of at least 4 members (excludes halogenated alkanes) is 5. The summed E-state index contributed by atoms with van der Waals surface area (Å²) in [5.41, 5.74) is 0.923. The number of halogens is 2. The Labute approximate surface area is 178 Å². The van der Waals surface area contributed by atoms with Crippen molar-refractivity contribution in [3.63, 3.8) is 0 Å². The summed E-state index contributed by atoms with van der Waals surface area (Å²) in [5.74, 6) is 0.111. The van der Waals surface area contributed by atoms with Crippen molar-refractivity contribution in [1.29, 1.82) is 0 Å². The predicted octanol–water partition coefficient (Wildman–Crippen LogP) is 6.40. The third kappa shape index (κ3) is 12.2. The van der Waals surface area contributed by atoms with Crippen molar-refractivity contribution in [1.82, 2.24) is 0 Å². The van der Waals surface area contributed by atoms with E-state index in [1.165, 1.54) is 0 Å². The molecule has 0 saturated carbocycles. The summed E-state index contributed by atoms with van der Waals surface area (Å²) >= 11 is 12.0. The summed E-state index contributed by atoms with van der Waals surface area (Å²) < 4.78 is 10.4. The zero-order valence-corrected chi connectivity index (χ0v) is 18.5. The molecule has 1 aromatic rings. The normalized spacial score (nSPS) is 10.9. The van der Waals surface area contributed by atoms with Crippen molar-refractivity contribution in [2.75, 3.05) is 13.2 Å². The van der Waals surface area contributed by atoms with E-state index < -0.39 is 0 Å². The summed E-state index contributed by atoms with van der Waals surface area (Å²) in [7, 11) is 0. The van der Waals surface area contributed by atoms with Gasteiger partial charge in [-0.05, 0) is 36.5 Å². The smallest absolute Gasteiger partial charge is 0.305 e. The molecule has 0 heterocycles. The lowest BCUT2D eigenvalue weighted by atomic mass is 10.1. The topological polar surface area (TPSA) is 52.6 Å². The molecule has 0 N–H and O–H groups in total. The molecule has 1 rings (SSSR count). The second-order valence-electron chi connectivity index (χ2n) is 7.40. The number of ether oxygens (including phenoxy) is 2. The summed E-state index contributed by atoms with van der Waals surface area (Å²) in [6.07, 6.45) is 7.37. The van der Waals surface area contributed by atoms with E-state index in [0.29, 0.717) is 48.4 Å². The van der Waals surface area contributed by atoms with E-state index >= 15 is 0 Å². The maximum Gasteiger partial charge on any atom is 0.305 e. The first kappa shape index (κ1) is 24.8. The molecule has 0 bridgehead atoms. The summed E-state index contributed by atoms with van der Waals surface area (Å²) in [6, 6.07) is 5.32. The Morgan fingerprint density at radius 3 is 2.04 bits per heavy atom. The molecule has 0 aliphatic rings. The number of hydrogen-bond acceptors (Lipinski definition) is 4. The van der Waals surface area contributed by atoms with E-state index in [0.717, 1.165) is 44.1 Å². The molecule has 0 aromatic heterocycles. The first-order valence-electron chi connectivity index (χ1n) is 10.1. The lowest BCUT2D eigenvalue weighted by Crippen LogP contribution is -2.09. The second-order valence-corrected chi connectivity index (χ2v) is 8.25. The molecule has 0 spiro atoms. The van der Waals surface area contributed by atoms with Gasteiger partial charge in [-0.25, -0.2) is 0 Å². The van der Waals surface area contributed by atoms with Crippen molar-refractivity contribution >= 4 is 35.1 Å². The van der Waals surface area contributed by atoms with E-state index in [1.807, 2.05) is 19.9 Å².